The molecule has 4 aliphatic rings. The SMILES string of the molecule is C1=CCCC(C2=NC(c3ccc(-c4ccc(-c5ccccc5C5(c6ccccc6)c6ccccc6Oc6ccccc65)cc4)cc3)NC(C3C=CC=CC3)N2)=C1. The van der Waals surface area contributed by atoms with Crippen molar-refractivity contribution in [2.45, 2.75) is 37.0 Å². The quantitative estimate of drug-likeness (QED) is 0.172. The lowest BCUT2D eigenvalue weighted by Crippen LogP contribution is -2.54. The topological polar surface area (TPSA) is 45.6 Å². The highest BCUT2D eigenvalue weighted by molar-refractivity contribution is 5.99. The molecule has 6 aromatic carbocycles. The van der Waals surface area contributed by atoms with Gasteiger partial charge in [0.25, 0.3) is 0 Å². The Morgan fingerprint density at radius 2 is 1.23 bits per heavy atom. The summed E-state index contributed by atoms with van der Waals surface area (Å²) < 4.78 is 6.57. The molecule has 272 valence electrons. The van der Waals surface area contributed by atoms with Crippen LogP contribution in [-0.4, -0.2) is 12.0 Å². The molecule has 0 saturated carbocycles. The van der Waals surface area contributed by atoms with Gasteiger partial charge in [-0.05, 0) is 75.9 Å². The van der Waals surface area contributed by atoms with E-state index >= 15 is 0 Å². The van der Waals surface area contributed by atoms with Crippen molar-refractivity contribution in [1.82, 2.24) is 10.6 Å². The Kier molecular flexibility index (Phi) is 8.89. The number of amidine groups is 1. The van der Waals surface area contributed by atoms with Crippen molar-refractivity contribution in [2.24, 2.45) is 10.9 Å². The van der Waals surface area contributed by atoms with Gasteiger partial charge in [0.05, 0.1) is 11.6 Å². The number of para-hydroxylation sites is 2. The molecule has 3 unspecified atom stereocenters. The van der Waals surface area contributed by atoms with Crippen LogP contribution in [0.5, 0.6) is 11.5 Å². The third kappa shape index (κ3) is 6.03. The number of fused-ring (bicyclic) bond motifs is 2. The van der Waals surface area contributed by atoms with E-state index < -0.39 is 5.41 Å². The summed E-state index contributed by atoms with van der Waals surface area (Å²) in [5.74, 6) is 3.13. The van der Waals surface area contributed by atoms with E-state index in [1.54, 1.807) is 0 Å². The van der Waals surface area contributed by atoms with Crippen molar-refractivity contribution in [1.29, 1.82) is 0 Å². The molecule has 2 aliphatic carbocycles. The fourth-order valence-electron chi connectivity index (χ4n) is 8.99. The summed E-state index contributed by atoms with van der Waals surface area (Å²) in [6.45, 7) is 0. The van der Waals surface area contributed by atoms with Crippen LogP contribution >= 0.6 is 0 Å². The maximum absolute atomic E-state index is 6.57. The average molecular weight is 726 g/mol. The molecular weight excluding hydrogens is 683 g/mol. The highest BCUT2D eigenvalue weighted by atomic mass is 16.5. The number of ether oxygens (including phenoxy) is 1. The molecular formula is C52H43N3O. The Labute approximate surface area is 329 Å². The van der Waals surface area contributed by atoms with Crippen LogP contribution in [0.2, 0.25) is 0 Å². The molecule has 0 amide bonds. The van der Waals surface area contributed by atoms with E-state index in [-0.39, 0.29) is 12.3 Å². The molecule has 4 heteroatoms. The Morgan fingerprint density at radius 3 is 1.91 bits per heavy atom. The van der Waals surface area contributed by atoms with Crippen molar-refractivity contribution in [3.8, 4) is 33.8 Å². The second-order valence-electron chi connectivity index (χ2n) is 15.0. The Balaban J connectivity index is 0.997. The summed E-state index contributed by atoms with van der Waals surface area (Å²) in [7, 11) is 0. The smallest absolute Gasteiger partial charge is 0.132 e. The van der Waals surface area contributed by atoms with Gasteiger partial charge < -0.3 is 10.1 Å². The van der Waals surface area contributed by atoms with Crippen molar-refractivity contribution in [2.75, 3.05) is 0 Å². The van der Waals surface area contributed by atoms with Gasteiger partial charge in [-0.15, -0.1) is 0 Å². The van der Waals surface area contributed by atoms with Crippen LogP contribution < -0.4 is 15.4 Å². The molecule has 2 aliphatic heterocycles. The second kappa shape index (κ2) is 14.6. The predicted octanol–water partition coefficient (Wildman–Crippen LogP) is 11.8. The van der Waals surface area contributed by atoms with Crippen LogP contribution in [0.1, 0.15) is 53.2 Å². The highest BCUT2D eigenvalue weighted by Gasteiger charge is 2.46. The lowest BCUT2D eigenvalue weighted by Gasteiger charge is -2.42. The first-order chi connectivity index (χ1) is 27.8. The predicted molar refractivity (Wildman–Crippen MR) is 229 cm³/mol. The first-order valence-corrected chi connectivity index (χ1v) is 19.8. The summed E-state index contributed by atoms with van der Waals surface area (Å²) in [5, 5.41) is 7.56. The van der Waals surface area contributed by atoms with Gasteiger partial charge in [-0.25, -0.2) is 4.99 Å². The van der Waals surface area contributed by atoms with Crippen molar-refractivity contribution in [3.63, 3.8) is 0 Å². The van der Waals surface area contributed by atoms with Crippen LogP contribution in [0.25, 0.3) is 22.3 Å². The minimum atomic E-state index is -0.587. The van der Waals surface area contributed by atoms with Gasteiger partial charge in [0.15, 0.2) is 0 Å². The van der Waals surface area contributed by atoms with E-state index in [1.807, 2.05) is 0 Å². The summed E-state index contributed by atoms with van der Waals surface area (Å²) in [4.78, 5) is 5.21. The molecule has 0 aromatic heterocycles. The van der Waals surface area contributed by atoms with E-state index in [9.17, 15) is 0 Å². The van der Waals surface area contributed by atoms with E-state index in [2.05, 4.69) is 205 Å². The number of nitrogens with zero attached hydrogens (tertiary/aromatic N) is 1. The Morgan fingerprint density at radius 1 is 0.589 bits per heavy atom. The second-order valence-corrected chi connectivity index (χ2v) is 15.0. The number of hydrogen-bond acceptors (Lipinski definition) is 4. The van der Waals surface area contributed by atoms with E-state index in [0.29, 0.717) is 5.92 Å². The molecule has 56 heavy (non-hydrogen) atoms. The number of rotatable bonds is 7. The van der Waals surface area contributed by atoms with E-state index in [1.165, 1.54) is 39.0 Å². The van der Waals surface area contributed by atoms with Crippen LogP contribution in [0.3, 0.4) is 0 Å². The lowest BCUT2D eigenvalue weighted by molar-refractivity contribution is 0.328. The zero-order valence-corrected chi connectivity index (χ0v) is 31.2. The standard InChI is InChI=1S/C52H43N3O/c1-4-16-39(17-5-1)49-53-50(40-18-6-2-7-19-40)55-51(54-49)41-34-30-37(31-35-41)36-28-32-38(33-29-36)43-22-10-11-23-44(43)52(42-20-8-3-9-21-42)45-24-12-14-26-47(45)56-48-27-15-13-25-46(48)52/h1-6,8-16,18,20-35,39,49,51,54H,7,17,19H2,(H,53,55). The van der Waals surface area contributed by atoms with Gasteiger partial charge in [-0.3, -0.25) is 5.32 Å². The lowest BCUT2D eigenvalue weighted by atomic mass is 9.62. The van der Waals surface area contributed by atoms with Gasteiger partial charge in [0.2, 0.25) is 0 Å². The maximum Gasteiger partial charge on any atom is 0.132 e. The molecule has 0 fully saturated rings. The number of aliphatic imine (C=N–C) groups is 1. The molecule has 2 heterocycles. The molecule has 10 rings (SSSR count). The minimum Gasteiger partial charge on any atom is -0.457 e. The number of nitrogens with one attached hydrogen (secondary N) is 2. The molecule has 0 saturated heterocycles. The Bertz CT molecular complexity index is 2500. The molecule has 6 aromatic rings. The van der Waals surface area contributed by atoms with Gasteiger partial charge in [0, 0.05) is 17.0 Å². The average Bonchev–Trinajstić information content (AvgIpc) is 3.29. The number of benzene rings is 6. The van der Waals surface area contributed by atoms with Gasteiger partial charge in [-0.1, -0.05) is 182 Å². The molecule has 0 bridgehead atoms. The first-order valence-electron chi connectivity index (χ1n) is 19.8. The van der Waals surface area contributed by atoms with Gasteiger partial charge in [0.1, 0.15) is 23.5 Å². The fraction of sp³-hybridized carbons (Fsp3) is 0.135. The fourth-order valence-corrected chi connectivity index (χ4v) is 8.99. The van der Waals surface area contributed by atoms with Crippen LogP contribution in [0.15, 0.2) is 205 Å². The molecule has 0 spiro atoms. The monoisotopic (exact) mass is 725 g/mol. The largest absolute Gasteiger partial charge is 0.457 e. The zero-order chi connectivity index (χ0) is 37.3. The molecule has 2 N–H and O–H groups in total. The zero-order valence-electron chi connectivity index (χ0n) is 31.2. The van der Waals surface area contributed by atoms with Crippen molar-refractivity contribution in [3.05, 3.63) is 228 Å². The Hall–Kier alpha value is -6.49. The minimum absolute atomic E-state index is 0.0970. The highest BCUT2D eigenvalue weighted by Crippen LogP contribution is 2.56. The van der Waals surface area contributed by atoms with Crippen LogP contribution in [-0.2, 0) is 5.41 Å². The first kappa shape index (κ1) is 34.0. The van der Waals surface area contributed by atoms with Crippen LogP contribution in [0, 0.1) is 5.92 Å². The van der Waals surface area contributed by atoms with Gasteiger partial charge >= 0.3 is 0 Å². The van der Waals surface area contributed by atoms with Crippen molar-refractivity contribution < 1.29 is 4.74 Å². The number of hydrogen-bond donors (Lipinski definition) is 2. The molecule has 0 radical (unpaired) electrons. The third-order valence-electron chi connectivity index (χ3n) is 11.7. The van der Waals surface area contributed by atoms with E-state index in [0.717, 1.165) is 53.3 Å². The normalized spacial score (nSPS) is 20.5. The van der Waals surface area contributed by atoms with E-state index in [4.69, 9.17) is 9.73 Å². The number of allylic oxidation sites excluding steroid dienone is 6. The summed E-state index contributed by atoms with van der Waals surface area (Å²) >= 11 is 0. The van der Waals surface area contributed by atoms with Crippen molar-refractivity contribution >= 4 is 5.84 Å². The summed E-state index contributed by atoms with van der Waals surface area (Å²) in [5.41, 5.74) is 11.3. The third-order valence-corrected chi connectivity index (χ3v) is 11.7. The summed E-state index contributed by atoms with van der Waals surface area (Å²) in [6, 6.07) is 54.7. The molecule has 3 atom stereocenters. The molecule has 4 nitrogen and oxygen atoms in total. The van der Waals surface area contributed by atoms with Gasteiger partial charge in [-0.2, -0.15) is 0 Å². The van der Waals surface area contributed by atoms with Crippen LogP contribution in [0.4, 0.5) is 0 Å². The maximum atomic E-state index is 6.57. The summed E-state index contributed by atoms with van der Waals surface area (Å²) in [6.07, 6.45) is 18.4.